The summed E-state index contributed by atoms with van der Waals surface area (Å²) in [5.41, 5.74) is -1.23. The molecule has 2 aliphatic rings. The molecular weight excluding hydrogens is 335 g/mol. The van der Waals surface area contributed by atoms with Gasteiger partial charge in [-0.1, -0.05) is 6.07 Å². The molecule has 7 heteroatoms. The second-order valence-corrected chi connectivity index (χ2v) is 8.65. The van der Waals surface area contributed by atoms with E-state index >= 15 is 0 Å². The van der Waals surface area contributed by atoms with Crippen molar-refractivity contribution >= 4 is 29.0 Å². The third-order valence-corrected chi connectivity index (χ3v) is 6.68. The summed E-state index contributed by atoms with van der Waals surface area (Å²) in [6.45, 7) is 1.62. The van der Waals surface area contributed by atoms with Crippen molar-refractivity contribution in [3.63, 3.8) is 0 Å². The molecule has 23 heavy (non-hydrogen) atoms. The Morgan fingerprint density at radius 3 is 3.09 bits per heavy atom. The summed E-state index contributed by atoms with van der Waals surface area (Å²) in [7, 11) is 1.72. The summed E-state index contributed by atoms with van der Waals surface area (Å²) >= 11 is 3.28. The zero-order valence-corrected chi connectivity index (χ0v) is 14.9. The van der Waals surface area contributed by atoms with Crippen molar-refractivity contribution in [2.75, 3.05) is 31.6 Å². The first-order chi connectivity index (χ1) is 11.0. The molecule has 1 N–H and O–H groups in total. The molecule has 2 aliphatic heterocycles. The standard InChI is InChI=1S/C16H23FN2O2S2/c1-18(15(20)16(21)4-6-22-11-16)9-13-7-12(17)8-19(13)10-14-3-2-5-23-14/h2-3,5,12-13,21H,4,6-11H2,1H3/t12-,13-,16?/m0/s1. The lowest BCUT2D eigenvalue weighted by molar-refractivity contribution is -0.148. The number of likely N-dealkylation sites (tertiary alicyclic amines) is 1. The van der Waals surface area contributed by atoms with Gasteiger partial charge in [0, 0.05) is 43.4 Å². The molecule has 3 rings (SSSR count). The van der Waals surface area contributed by atoms with E-state index in [1.54, 1.807) is 35.0 Å². The molecule has 0 radical (unpaired) electrons. The molecule has 2 saturated heterocycles. The number of aliphatic hydroxyl groups is 1. The lowest BCUT2D eigenvalue weighted by atomic mass is 10.0. The van der Waals surface area contributed by atoms with Crippen LogP contribution < -0.4 is 0 Å². The van der Waals surface area contributed by atoms with Gasteiger partial charge in [-0.3, -0.25) is 9.69 Å². The molecule has 2 fully saturated rings. The van der Waals surface area contributed by atoms with Crippen LogP contribution >= 0.6 is 23.1 Å². The Morgan fingerprint density at radius 1 is 1.61 bits per heavy atom. The van der Waals surface area contributed by atoms with Crippen LogP contribution in [0.15, 0.2) is 17.5 Å². The van der Waals surface area contributed by atoms with Gasteiger partial charge in [-0.25, -0.2) is 4.39 Å². The van der Waals surface area contributed by atoms with Crippen LogP contribution in [0.1, 0.15) is 17.7 Å². The van der Waals surface area contributed by atoms with E-state index < -0.39 is 11.8 Å². The number of halogens is 1. The highest BCUT2D eigenvalue weighted by Crippen LogP contribution is 2.30. The summed E-state index contributed by atoms with van der Waals surface area (Å²) in [4.78, 5) is 17.4. The minimum absolute atomic E-state index is 0.0127. The average molecular weight is 359 g/mol. The second-order valence-electron chi connectivity index (χ2n) is 6.52. The zero-order valence-electron chi connectivity index (χ0n) is 13.3. The third kappa shape index (κ3) is 3.90. The number of amides is 1. The number of alkyl halides is 1. The second kappa shape index (κ2) is 7.09. The minimum atomic E-state index is -1.23. The summed E-state index contributed by atoms with van der Waals surface area (Å²) < 4.78 is 13.9. The van der Waals surface area contributed by atoms with Gasteiger partial charge in [0.15, 0.2) is 5.60 Å². The highest BCUT2D eigenvalue weighted by Gasteiger charge is 2.42. The molecule has 0 aliphatic carbocycles. The lowest BCUT2D eigenvalue weighted by Gasteiger charge is -2.32. The average Bonchev–Trinajstić information content (AvgIpc) is 3.23. The topological polar surface area (TPSA) is 43.8 Å². The fraction of sp³-hybridized carbons (Fsp3) is 0.688. The van der Waals surface area contributed by atoms with Crippen LogP contribution in [-0.4, -0.2) is 70.3 Å². The number of hydrogen-bond acceptors (Lipinski definition) is 5. The van der Waals surface area contributed by atoms with E-state index in [0.29, 0.717) is 31.7 Å². The van der Waals surface area contributed by atoms with Gasteiger partial charge in [0.25, 0.3) is 5.91 Å². The molecule has 3 heterocycles. The first kappa shape index (κ1) is 17.2. The fourth-order valence-electron chi connectivity index (χ4n) is 3.39. The molecule has 1 unspecified atom stereocenters. The van der Waals surface area contributed by atoms with E-state index in [4.69, 9.17) is 0 Å². The molecule has 1 amide bonds. The largest absolute Gasteiger partial charge is 0.379 e. The van der Waals surface area contributed by atoms with Crippen LogP contribution in [0.4, 0.5) is 4.39 Å². The van der Waals surface area contributed by atoms with Gasteiger partial charge in [-0.15, -0.1) is 11.3 Å². The monoisotopic (exact) mass is 358 g/mol. The molecule has 0 aromatic carbocycles. The summed E-state index contributed by atoms with van der Waals surface area (Å²) in [6.07, 6.45) is 0.125. The Labute approximate surface area is 144 Å². The van der Waals surface area contributed by atoms with Crippen molar-refractivity contribution < 1.29 is 14.3 Å². The zero-order chi connectivity index (χ0) is 16.4. The van der Waals surface area contributed by atoms with Crippen molar-refractivity contribution in [3.8, 4) is 0 Å². The Hall–Kier alpha value is -0.630. The van der Waals surface area contributed by atoms with Gasteiger partial charge in [-0.05, 0) is 30.0 Å². The van der Waals surface area contributed by atoms with Gasteiger partial charge >= 0.3 is 0 Å². The van der Waals surface area contributed by atoms with Crippen LogP contribution in [0.2, 0.25) is 0 Å². The van der Waals surface area contributed by atoms with Crippen LogP contribution in [0, 0.1) is 0 Å². The van der Waals surface area contributed by atoms with Crippen LogP contribution in [0.25, 0.3) is 0 Å². The maximum Gasteiger partial charge on any atom is 0.255 e. The van der Waals surface area contributed by atoms with Crippen LogP contribution in [0.5, 0.6) is 0 Å². The van der Waals surface area contributed by atoms with Crippen molar-refractivity contribution in [2.45, 2.75) is 37.2 Å². The van der Waals surface area contributed by atoms with Crippen molar-refractivity contribution in [2.24, 2.45) is 0 Å². The molecule has 0 bridgehead atoms. The van der Waals surface area contributed by atoms with Gasteiger partial charge in [0.05, 0.1) is 0 Å². The maximum atomic E-state index is 13.9. The van der Waals surface area contributed by atoms with Gasteiger partial charge in [0.1, 0.15) is 6.17 Å². The molecular formula is C16H23FN2O2S2. The van der Waals surface area contributed by atoms with E-state index in [2.05, 4.69) is 11.0 Å². The van der Waals surface area contributed by atoms with Gasteiger partial charge in [-0.2, -0.15) is 11.8 Å². The lowest BCUT2D eigenvalue weighted by Crippen LogP contribution is -2.51. The summed E-state index contributed by atoms with van der Waals surface area (Å²) in [5.74, 6) is 1.06. The van der Waals surface area contributed by atoms with E-state index in [0.717, 1.165) is 12.3 Å². The first-order valence-corrected chi connectivity index (χ1v) is 9.97. The van der Waals surface area contributed by atoms with Crippen LogP contribution in [-0.2, 0) is 11.3 Å². The van der Waals surface area contributed by atoms with E-state index in [9.17, 15) is 14.3 Å². The Bertz CT molecular complexity index is 534. The summed E-state index contributed by atoms with van der Waals surface area (Å²) in [6, 6.07) is 4.07. The van der Waals surface area contributed by atoms with Gasteiger partial charge < -0.3 is 10.0 Å². The number of hydrogen-bond donors (Lipinski definition) is 1. The maximum absolute atomic E-state index is 13.9. The number of carbonyl (C=O) groups excluding carboxylic acids is 1. The molecule has 128 valence electrons. The van der Waals surface area contributed by atoms with Gasteiger partial charge in [0.2, 0.25) is 0 Å². The number of thioether (sulfide) groups is 1. The number of carbonyl (C=O) groups is 1. The normalized spacial score (nSPS) is 31.6. The number of thiophene rings is 1. The Kier molecular flexibility index (Phi) is 5.30. The molecule has 4 nitrogen and oxygen atoms in total. The van der Waals surface area contributed by atoms with Crippen LogP contribution in [0.3, 0.4) is 0 Å². The molecule has 0 spiro atoms. The van der Waals surface area contributed by atoms with E-state index in [-0.39, 0.29) is 11.9 Å². The van der Waals surface area contributed by atoms with E-state index in [1.165, 1.54) is 4.88 Å². The van der Waals surface area contributed by atoms with Crippen molar-refractivity contribution in [1.29, 1.82) is 0 Å². The molecule has 0 saturated carbocycles. The molecule has 3 atom stereocenters. The smallest absolute Gasteiger partial charge is 0.255 e. The minimum Gasteiger partial charge on any atom is -0.379 e. The quantitative estimate of drug-likeness (QED) is 0.874. The van der Waals surface area contributed by atoms with E-state index in [1.807, 2.05) is 11.4 Å². The Balaban J connectivity index is 1.61. The SMILES string of the molecule is CN(C[C@@H]1C[C@H](F)CN1Cc1cccs1)C(=O)C1(O)CCSC1. The number of likely N-dealkylation sites (N-methyl/N-ethyl adjacent to an activating group) is 1. The third-order valence-electron chi connectivity index (χ3n) is 4.65. The molecule has 1 aromatic heterocycles. The number of rotatable bonds is 5. The summed E-state index contributed by atoms with van der Waals surface area (Å²) in [5, 5.41) is 12.5. The predicted octanol–water partition coefficient (Wildman–Crippen LogP) is 1.99. The van der Waals surface area contributed by atoms with Crippen molar-refractivity contribution in [3.05, 3.63) is 22.4 Å². The van der Waals surface area contributed by atoms with Crippen molar-refractivity contribution in [1.82, 2.24) is 9.80 Å². The molecule has 1 aromatic rings. The predicted molar refractivity (Wildman–Crippen MR) is 92.6 cm³/mol. The fourth-order valence-corrected chi connectivity index (χ4v) is 5.35. The highest BCUT2D eigenvalue weighted by molar-refractivity contribution is 7.99. The highest BCUT2D eigenvalue weighted by atomic mass is 32.2. The number of nitrogens with zero attached hydrogens (tertiary/aromatic N) is 2. The first-order valence-electron chi connectivity index (χ1n) is 7.94. The Morgan fingerprint density at radius 2 is 2.43 bits per heavy atom.